The van der Waals surface area contributed by atoms with Crippen LogP contribution in [0.1, 0.15) is 18.1 Å². The summed E-state index contributed by atoms with van der Waals surface area (Å²) in [5.41, 5.74) is 1.38. The molecule has 26 heavy (non-hydrogen) atoms. The molecule has 1 aromatic heterocycles. The quantitative estimate of drug-likeness (QED) is 0.359. The number of anilines is 1. The number of nitrogens with one attached hydrogen (secondary N) is 1. The lowest BCUT2D eigenvalue weighted by atomic mass is 10.0. The number of hydrogen-bond acceptors (Lipinski definition) is 7. The minimum Gasteiger partial charge on any atom is -0.463 e. The highest BCUT2D eigenvalue weighted by Crippen LogP contribution is 2.30. The fraction of sp³-hybridized carbons (Fsp3) is 0.222. The highest BCUT2D eigenvalue weighted by molar-refractivity contribution is 7.98. The van der Waals surface area contributed by atoms with Gasteiger partial charge in [-0.3, -0.25) is 0 Å². The van der Waals surface area contributed by atoms with E-state index in [0.29, 0.717) is 27.8 Å². The molecule has 0 radical (unpaired) electrons. The number of rotatable bonds is 6. The molecule has 0 bridgehead atoms. The molecular formula is C18H17FN4O2S. The van der Waals surface area contributed by atoms with Crippen LogP contribution in [0.3, 0.4) is 0 Å². The molecule has 134 valence electrons. The third kappa shape index (κ3) is 4.37. The van der Waals surface area contributed by atoms with E-state index in [2.05, 4.69) is 15.3 Å². The second kappa shape index (κ2) is 8.97. The monoisotopic (exact) mass is 372 g/mol. The van der Waals surface area contributed by atoms with Gasteiger partial charge in [-0.2, -0.15) is 5.26 Å². The normalized spacial score (nSPS) is 10.6. The molecule has 0 aliphatic rings. The number of thioether (sulfide) groups is 1. The van der Waals surface area contributed by atoms with Crippen LogP contribution in [-0.4, -0.2) is 35.8 Å². The van der Waals surface area contributed by atoms with Gasteiger partial charge in [0.15, 0.2) is 5.16 Å². The van der Waals surface area contributed by atoms with E-state index in [9.17, 15) is 9.18 Å². The van der Waals surface area contributed by atoms with Gasteiger partial charge in [0, 0.05) is 24.3 Å². The van der Waals surface area contributed by atoms with Gasteiger partial charge in [0.25, 0.3) is 0 Å². The zero-order valence-electron chi connectivity index (χ0n) is 14.5. The van der Waals surface area contributed by atoms with Crippen molar-refractivity contribution in [3.05, 3.63) is 41.2 Å². The first-order valence-electron chi connectivity index (χ1n) is 7.72. The first kappa shape index (κ1) is 19.4. The number of aromatic nitrogens is 2. The van der Waals surface area contributed by atoms with E-state index in [1.54, 1.807) is 26.1 Å². The Morgan fingerprint density at radius 2 is 2.23 bits per heavy atom. The van der Waals surface area contributed by atoms with Gasteiger partial charge in [0.05, 0.1) is 17.9 Å². The van der Waals surface area contributed by atoms with Gasteiger partial charge in [-0.15, -0.1) is 0 Å². The molecule has 0 atom stereocenters. The van der Waals surface area contributed by atoms with Gasteiger partial charge in [-0.05, 0) is 31.4 Å². The van der Waals surface area contributed by atoms with Crippen molar-refractivity contribution < 1.29 is 13.9 Å². The smallest absolute Gasteiger partial charge is 0.330 e. The minimum absolute atomic E-state index is 0.0506. The highest BCUT2D eigenvalue weighted by atomic mass is 32.2. The number of nitriles is 1. The number of nitrogens with zero attached hydrogens (tertiary/aromatic N) is 3. The van der Waals surface area contributed by atoms with Crippen molar-refractivity contribution in [1.29, 1.82) is 5.26 Å². The fourth-order valence-corrected chi connectivity index (χ4v) is 2.57. The zero-order valence-corrected chi connectivity index (χ0v) is 15.4. The molecule has 0 spiro atoms. The molecule has 2 rings (SSSR count). The molecule has 0 saturated carbocycles. The fourth-order valence-electron chi connectivity index (χ4n) is 2.20. The van der Waals surface area contributed by atoms with Crippen LogP contribution in [-0.2, 0) is 9.53 Å². The van der Waals surface area contributed by atoms with E-state index >= 15 is 0 Å². The Balaban J connectivity index is 2.64. The van der Waals surface area contributed by atoms with Crippen LogP contribution in [0.5, 0.6) is 0 Å². The zero-order chi connectivity index (χ0) is 19.1. The summed E-state index contributed by atoms with van der Waals surface area (Å²) in [4.78, 5) is 20.5. The molecule has 1 N–H and O–H groups in total. The van der Waals surface area contributed by atoms with E-state index in [-0.39, 0.29) is 12.2 Å². The number of benzene rings is 1. The van der Waals surface area contributed by atoms with Gasteiger partial charge in [-0.1, -0.05) is 17.8 Å². The average Bonchev–Trinajstić information content (AvgIpc) is 2.65. The number of ether oxygens (including phenoxy) is 1. The maximum absolute atomic E-state index is 14.1. The van der Waals surface area contributed by atoms with Crippen molar-refractivity contribution in [2.45, 2.75) is 12.1 Å². The Morgan fingerprint density at radius 1 is 1.46 bits per heavy atom. The highest BCUT2D eigenvalue weighted by Gasteiger charge is 2.15. The van der Waals surface area contributed by atoms with Crippen molar-refractivity contribution in [2.24, 2.45) is 0 Å². The summed E-state index contributed by atoms with van der Waals surface area (Å²) in [6.45, 7) is 1.98. The molecule has 0 aliphatic carbocycles. The summed E-state index contributed by atoms with van der Waals surface area (Å²) in [5.74, 6) is -0.647. The van der Waals surface area contributed by atoms with Crippen molar-refractivity contribution in [3.63, 3.8) is 0 Å². The number of halogens is 1. The lowest BCUT2D eigenvalue weighted by molar-refractivity contribution is -0.137. The maximum atomic E-state index is 14.1. The lowest BCUT2D eigenvalue weighted by Crippen LogP contribution is -2.04. The molecule has 0 saturated heterocycles. The Bertz CT molecular complexity index is 893. The second-order valence-corrected chi connectivity index (χ2v) is 5.74. The summed E-state index contributed by atoms with van der Waals surface area (Å²) >= 11 is 1.34. The lowest BCUT2D eigenvalue weighted by Gasteiger charge is -2.12. The van der Waals surface area contributed by atoms with E-state index < -0.39 is 11.8 Å². The molecule has 0 unspecified atom stereocenters. The number of carbonyl (C=O) groups excluding carboxylic acids is 1. The van der Waals surface area contributed by atoms with Crippen LogP contribution < -0.4 is 5.32 Å². The number of hydrogen-bond donors (Lipinski definition) is 1. The summed E-state index contributed by atoms with van der Waals surface area (Å²) in [7, 11) is 1.69. The van der Waals surface area contributed by atoms with Crippen LogP contribution in [0.2, 0.25) is 0 Å². The van der Waals surface area contributed by atoms with Crippen LogP contribution in [0.15, 0.2) is 29.4 Å². The Hall–Kier alpha value is -2.92. The van der Waals surface area contributed by atoms with Crippen LogP contribution in [0, 0.1) is 17.1 Å². The molecule has 0 aliphatic heterocycles. The third-order valence-electron chi connectivity index (χ3n) is 3.38. The minimum atomic E-state index is -0.638. The molecule has 1 aromatic carbocycles. The van der Waals surface area contributed by atoms with Crippen LogP contribution in [0.25, 0.3) is 17.3 Å². The molecular weight excluding hydrogens is 355 g/mol. The SMILES string of the molecule is CCOC(=O)C=Cc1c(NC)nc(SC)nc1-c1ccc(C#N)c(F)c1. The summed E-state index contributed by atoms with van der Waals surface area (Å²) in [6, 6.07) is 6.03. The summed E-state index contributed by atoms with van der Waals surface area (Å²) in [6.07, 6.45) is 4.62. The van der Waals surface area contributed by atoms with E-state index in [4.69, 9.17) is 10.00 Å². The second-order valence-electron chi connectivity index (χ2n) is 4.96. The standard InChI is InChI=1S/C18H17FN4O2S/c1-4-25-15(24)8-7-13-16(22-18(26-3)23-17(13)21-2)11-5-6-12(10-20)14(19)9-11/h5-9H,4H2,1-3H3,(H,21,22,23). The Labute approximate surface area is 155 Å². The number of esters is 1. The topological polar surface area (TPSA) is 87.9 Å². The van der Waals surface area contributed by atoms with Crippen LogP contribution >= 0.6 is 11.8 Å². The average molecular weight is 372 g/mol. The summed E-state index contributed by atoms with van der Waals surface area (Å²) < 4.78 is 19.0. The van der Waals surface area contributed by atoms with E-state index in [1.165, 1.54) is 36.0 Å². The first-order chi connectivity index (χ1) is 12.5. The molecule has 0 fully saturated rings. The predicted octanol–water partition coefficient (Wildman–Crippen LogP) is 3.49. The van der Waals surface area contributed by atoms with Gasteiger partial charge < -0.3 is 10.1 Å². The molecule has 2 aromatic rings. The third-order valence-corrected chi connectivity index (χ3v) is 3.93. The van der Waals surface area contributed by atoms with Crippen LogP contribution in [0.4, 0.5) is 10.2 Å². The van der Waals surface area contributed by atoms with Crippen molar-refractivity contribution >= 4 is 29.6 Å². The van der Waals surface area contributed by atoms with E-state index in [1.807, 2.05) is 6.26 Å². The van der Waals surface area contributed by atoms with Crippen molar-refractivity contribution in [2.75, 3.05) is 25.2 Å². The van der Waals surface area contributed by atoms with Gasteiger partial charge >= 0.3 is 5.97 Å². The van der Waals surface area contributed by atoms with Crippen molar-refractivity contribution in [1.82, 2.24) is 9.97 Å². The van der Waals surface area contributed by atoms with Gasteiger partial charge in [0.2, 0.25) is 0 Å². The Morgan fingerprint density at radius 3 is 2.81 bits per heavy atom. The Kier molecular flexibility index (Phi) is 6.69. The molecule has 0 amide bonds. The maximum Gasteiger partial charge on any atom is 0.330 e. The molecule has 8 heteroatoms. The molecule has 1 heterocycles. The van der Waals surface area contributed by atoms with Gasteiger partial charge in [0.1, 0.15) is 17.7 Å². The number of carbonyl (C=O) groups is 1. The summed E-state index contributed by atoms with van der Waals surface area (Å²) in [5, 5.41) is 12.4. The largest absolute Gasteiger partial charge is 0.463 e. The first-order valence-corrected chi connectivity index (χ1v) is 8.95. The molecule has 6 nitrogen and oxygen atoms in total. The van der Waals surface area contributed by atoms with E-state index in [0.717, 1.165) is 0 Å². The van der Waals surface area contributed by atoms with Gasteiger partial charge in [-0.25, -0.2) is 19.2 Å². The predicted molar refractivity (Wildman–Crippen MR) is 99.1 cm³/mol. The van der Waals surface area contributed by atoms with Crippen molar-refractivity contribution in [3.8, 4) is 17.3 Å².